The second kappa shape index (κ2) is 6.17. The van der Waals surface area contributed by atoms with Gasteiger partial charge in [0, 0.05) is 31.2 Å². The first-order valence-corrected chi connectivity index (χ1v) is 7.38. The van der Waals surface area contributed by atoms with Crippen LogP contribution in [0.4, 0.5) is 0 Å². The minimum atomic E-state index is 0.741. The molecule has 0 bridgehead atoms. The summed E-state index contributed by atoms with van der Waals surface area (Å²) in [6.07, 6.45) is 5.49. The van der Waals surface area contributed by atoms with E-state index in [0.717, 1.165) is 18.1 Å². The van der Waals surface area contributed by atoms with Crippen molar-refractivity contribution in [3.8, 4) is 0 Å². The van der Waals surface area contributed by atoms with Crippen molar-refractivity contribution in [3.05, 3.63) is 0 Å². The Kier molecular flexibility index (Phi) is 4.83. The minimum absolute atomic E-state index is 0.741. The van der Waals surface area contributed by atoms with Crippen molar-refractivity contribution in [2.24, 2.45) is 0 Å². The van der Waals surface area contributed by atoms with E-state index in [2.05, 4.69) is 36.0 Å². The second-order valence-corrected chi connectivity index (χ2v) is 5.91. The molecule has 2 rings (SSSR count). The lowest BCUT2D eigenvalue weighted by molar-refractivity contribution is 0.175. The molecule has 2 heterocycles. The lowest BCUT2D eigenvalue weighted by Crippen LogP contribution is -2.47. The number of nitrogens with zero attached hydrogens (tertiary/aromatic N) is 2. The van der Waals surface area contributed by atoms with Crippen LogP contribution in [0.5, 0.6) is 0 Å². The molecule has 0 aromatic rings. The van der Waals surface area contributed by atoms with Crippen LogP contribution in [0.3, 0.4) is 0 Å². The molecule has 0 aliphatic carbocycles. The highest BCUT2D eigenvalue weighted by molar-refractivity contribution is 4.88. The number of nitrogens with one attached hydrogen (secondary N) is 1. The van der Waals surface area contributed by atoms with Crippen molar-refractivity contribution in [2.45, 2.75) is 57.7 Å². The van der Waals surface area contributed by atoms with Crippen LogP contribution in [0.25, 0.3) is 0 Å². The van der Waals surface area contributed by atoms with E-state index in [-0.39, 0.29) is 0 Å². The lowest BCUT2D eigenvalue weighted by Gasteiger charge is -2.33. The van der Waals surface area contributed by atoms with Crippen molar-refractivity contribution in [1.29, 1.82) is 0 Å². The summed E-state index contributed by atoms with van der Waals surface area (Å²) in [4.78, 5) is 5.20. The molecule has 0 radical (unpaired) electrons. The van der Waals surface area contributed by atoms with Crippen LogP contribution in [-0.2, 0) is 0 Å². The normalized spacial score (nSPS) is 35.6. The minimum Gasteiger partial charge on any atom is -0.313 e. The maximum absolute atomic E-state index is 3.67. The molecule has 3 unspecified atom stereocenters. The van der Waals surface area contributed by atoms with Crippen LogP contribution >= 0.6 is 0 Å². The van der Waals surface area contributed by atoms with Gasteiger partial charge in [-0.05, 0) is 46.3 Å². The zero-order valence-corrected chi connectivity index (χ0v) is 11.8. The topological polar surface area (TPSA) is 18.5 Å². The van der Waals surface area contributed by atoms with Crippen molar-refractivity contribution < 1.29 is 0 Å². The summed E-state index contributed by atoms with van der Waals surface area (Å²) >= 11 is 0. The van der Waals surface area contributed by atoms with Gasteiger partial charge in [0.1, 0.15) is 0 Å². The maximum Gasteiger partial charge on any atom is 0.0238 e. The van der Waals surface area contributed by atoms with Crippen molar-refractivity contribution in [2.75, 3.05) is 33.2 Å². The molecule has 2 aliphatic heterocycles. The van der Waals surface area contributed by atoms with Crippen LogP contribution in [-0.4, -0.2) is 61.2 Å². The third kappa shape index (κ3) is 3.43. The van der Waals surface area contributed by atoms with Gasteiger partial charge in [0.2, 0.25) is 0 Å². The Morgan fingerprint density at radius 1 is 1.35 bits per heavy atom. The summed E-state index contributed by atoms with van der Waals surface area (Å²) in [7, 11) is 2.26. The quantitative estimate of drug-likeness (QED) is 0.803. The van der Waals surface area contributed by atoms with Crippen molar-refractivity contribution in [3.63, 3.8) is 0 Å². The van der Waals surface area contributed by atoms with Gasteiger partial charge in [-0.1, -0.05) is 13.3 Å². The molecule has 3 heteroatoms. The Balaban J connectivity index is 1.83. The fourth-order valence-electron chi connectivity index (χ4n) is 3.32. The zero-order chi connectivity index (χ0) is 12.3. The number of rotatable bonds is 4. The van der Waals surface area contributed by atoms with Gasteiger partial charge in [-0.25, -0.2) is 0 Å². The lowest BCUT2D eigenvalue weighted by atomic mass is 10.0. The number of piperidine rings is 1. The van der Waals surface area contributed by atoms with Gasteiger partial charge in [0.15, 0.2) is 0 Å². The molecule has 2 aliphatic rings. The number of hydrogen-bond donors (Lipinski definition) is 1. The van der Waals surface area contributed by atoms with E-state index in [4.69, 9.17) is 0 Å². The van der Waals surface area contributed by atoms with Crippen LogP contribution in [0.2, 0.25) is 0 Å². The summed E-state index contributed by atoms with van der Waals surface area (Å²) < 4.78 is 0. The highest BCUT2D eigenvalue weighted by Crippen LogP contribution is 2.21. The van der Waals surface area contributed by atoms with Crippen LogP contribution in [0.1, 0.15) is 39.5 Å². The first-order chi connectivity index (χ1) is 8.20. The predicted molar refractivity (Wildman–Crippen MR) is 73.4 cm³/mol. The Morgan fingerprint density at radius 2 is 2.18 bits per heavy atom. The summed E-state index contributed by atoms with van der Waals surface area (Å²) in [6, 6.07) is 2.28. The van der Waals surface area contributed by atoms with Crippen molar-refractivity contribution >= 4 is 0 Å². The molecule has 2 saturated heterocycles. The number of likely N-dealkylation sites (tertiary alicyclic amines) is 1. The molecule has 17 heavy (non-hydrogen) atoms. The molecule has 0 amide bonds. The summed E-state index contributed by atoms with van der Waals surface area (Å²) in [6.45, 7) is 9.59. The van der Waals surface area contributed by atoms with E-state index < -0.39 is 0 Å². The van der Waals surface area contributed by atoms with Crippen LogP contribution in [0, 0.1) is 0 Å². The molecule has 3 atom stereocenters. The summed E-state index contributed by atoms with van der Waals surface area (Å²) in [5, 5.41) is 3.67. The summed E-state index contributed by atoms with van der Waals surface area (Å²) in [5.74, 6) is 0. The number of likely N-dealkylation sites (N-methyl/N-ethyl adjacent to an activating group) is 2. The Labute approximate surface area is 107 Å². The third-order valence-electron chi connectivity index (χ3n) is 4.65. The molecule has 1 N–H and O–H groups in total. The van der Waals surface area contributed by atoms with E-state index in [0.29, 0.717) is 0 Å². The fraction of sp³-hybridized carbons (Fsp3) is 1.00. The molecule has 0 aromatic heterocycles. The monoisotopic (exact) mass is 239 g/mol. The Hall–Kier alpha value is -0.120. The second-order valence-electron chi connectivity index (χ2n) is 5.91. The molecule has 2 fully saturated rings. The van der Waals surface area contributed by atoms with Crippen molar-refractivity contribution in [1.82, 2.24) is 15.1 Å². The SMILES string of the molecule is CCN(CC1CCCCN1)C1CC(C)N(C)C1. The Bertz CT molecular complexity index is 216. The van der Waals surface area contributed by atoms with Gasteiger partial charge in [0.25, 0.3) is 0 Å². The molecule has 0 saturated carbocycles. The molecule has 3 nitrogen and oxygen atoms in total. The fourth-order valence-corrected chi connectivity index (χ4v) is 3.32. The summed E-state index contributed by atoms with van der Waals surface area (Å²) in [5.41, 5.74) is 0. The smallest absolute Gasteiger partial charge is 0.0238 e. The molecular weight excluding hydrogens is 210 g/mol. The molecular formula is C14H29N3. The van der Waals surface area contributed by atoms with Gasteiger partial charge in [0.05, 0.1) is 0 Å². The van der Waals surface area contributed by atoms with E-state index in [1.807, 2.05) is 0 Å². The van der Waals surface area contributed by atoms with E-state index in [1.165, 1.54) is 51.9 Å². The Morgan fingerprint density at radius 3 is 2.71 bits per heavy atom. The van der Waals surface area contributed by atoms with E-state index in [9.17, 15) is 0 Å². The van der Waals surface area contributed by atoms with Gasteiger partial charge in [-0.15, -0.1) is 0 Å². The van der Waals surface area contributed by atoms with Crippen LogP contribution in [0.15, 0.2) is 0 Å². The largest absolute Gasteiger partial charge is 0.313 e. The first kappa shape index (κ1) is 13.3. The van der Waals surface area contributed by atoms with E-state index in [1.54, 1.807) is 0 Å². The molecule has 100 valence electrons. The predicted octanol–water partition coefficient (Wildman–Crippen LogP) is 1.54. The van der Waals surface area contributed by atoms with Gasteiger partial charge in [-0.2, -0.15) is 0 Å². The third-order valence-corrected chi connectivity index (χ3v) is 4.65. The van der Waals surface area contributed by atoms with Gasteiger partial charge < -0.3 is 10.2 Å². The molecule has 0 aromatic carbocycles. The molecule has 0 spiro atoms. The zero-order valence-electron chi connectivity index (χ0n) is 11.8. The highest BCUT2D eigenvalue weighted by atomic mass is 15.3. The number of hydrogen-bond acceptors (Lipinski definition) is 3. The maximum atomic E-state index is 3.67. The average Bonchev–Trinajstić information content (AvgIpc) is 2.68. The highest BCUT2D eigenvalue weighted by Gasteiger charge is 2.31. The van der Waals surface area contributed by atoms with Gasteiger partial charge >= 0.3 is 0 Å². The van der Waals surface area contributed by atoms with E-state index >= 15 is 0 Å². The van der Waals surface area contributed by atoms with Crippen LogP contribution < -0.4 is 5.32 Å². The van der Waals surface area contributed by atoms with Gasteiger partial charge in [-0.3, -0.25) is 4.90 Å². The first-order valence-electron chi connectivity index (χ1n) is 7.38. The average molecular weight is 239 g/mol. The standard InChI is InChI=1S/C14H29N3/c1-4-17(10-13-7-5-6-8-15-13)14-9-12(2)16(3)11-14/h12-15H,4-11H2,1-3H3.